The molecule has 5 rings (SSSR count). The molecule has 4 aromatic carbocycles. The molecule has 133 valence electrons. The lowest BCUT2D eigenvalue weighted by molar-refractivity contribution is 0.453. The molecule has 0 aliphatic heterocycles. The van der Waals surface area contributed by atoms with Gasteiger partial charge in [0, 0.05) is 16.3 Å². The number of hydrogen-bond donors (Lipinski definition) is 1. The molecular weight excluding hydrogens is 345 g/mol. The van der Waals surface area contributed by atoms with Crippen molar-refractivity contribution in [1.29, 1.82) is 0 Å². The number of para-hydroxylation sites is 3. The Balaban J connectivity index is 1.94. The van der Waals surface area contributed by atoms with Gasteiger partial charge in [0.1, 0.15) is 5.75 Å². The third-order valence-electron chi connectivity index (χ3n) is 5.07. The van der Waals surface area contributed by atoms with Crippen molar-refractivity contribution < 1.29 is 9.68 Å². The van der Waals surface area contributed by atoms with Gasteiger partial charge < -0.3 is 14.2 Å². The summed E-state index contributed by atoms with van der Waals surface area (Å²) in [6, 6.07) is 32.8. The van der Waals surface area contributed by atoms with E-state index in [1.54, 1.807) is 0 Å². The van der Waals surface area contributed by atoms with Gasteiger partial charge >= 0.3 is 7.69 Å². The lowest BCUT2D eigenvalue weighted by Crippen LogP contribution is -2.06. The second kappa shape index (κ2) is 6.91. The molecule has 0 saturated carbocycles. The van der Waals surface area contributed by atoms with Crippen LogP contribution in [0.2, 0.25) is 0 Å². The average Bonchev–Trinajstić information content (AvgIpc) is 3.09. The monoisotopic (exact) mass is 362 g/mol. The van der Waals surface area contributed by atoms with Crippen molar-refractivity contribution in [2.75, 3.05) is 0 Å². The van der Waals surface area contributed by atoms with Gasteiger partial charge in [-0.3, -0.25) is 0 Å². The van der Waals surface area contributed by atoms with E-state index in [1.165, 1.54) is 10.8 Å². The maximum atomic E-state index is 9.37. The maximum absolute atomic E-state index is 9.37. The summed E-state index contributed by atoms with van der Waals surface area (Å²) in [5, 5.41) is 11.7. The minimum atomic E-state index is 0.593. The molecule has 28 heavy (non-hydrogen) atoms. The van der Waals surface area contributed by atoms with Gasteiger partial charge in [-0.1, -0.05) is 78.9 Å². The van der Waals surface area contributed by atoms with E-state index in [0.717, 1.165) is 35.5 Å². The molecular formula is C24H17BNO2. The Morgan fingerprint density at radius 2 is 1.25 bits per heavy atom. The first-order valence-corrected chi connectivity index (χ1v) is 9.18. The fourth-order valence-electron chi connectivity index (χ4n) is 3.92. The summed E-state index contributed by atoms with van der Waals surface area (Å²) in [4.78, 5) is 0. The Morgan fingerprint density at radius 1 is 0.643 bits per heavy atom. The smallest absolute Gasteiger partial charge is 0.536 e. The molecule has 1 aromatic heterocycles. The second-order valence-corrected chi connectivity index (χ2v) is 6.61. The van der Waals surface area contributed by atoms with E-state index in [4.69, 9.17) is 4.65 Å². The van der Waals surface area contributed by atoms with E-state index in [0.29, 0.717) is 5.75 Å². The highest BCUT2D eigenvalue weighted by Crippen LogP contribution is 2.40. The zero-order valence-corrected chi connectivity index (χ0v) is 15.1. The molecule has 0 saturated heterocycles. The molecule has 0 fully saturated rings. The third-order valence-corrected chi connectivity index (χ3v) is 5.07. The molecule has 1 heterocycles. The van der Waals surface area contributed by atoms with Crippen LogP contribution in [0.1, 0.15) is 0 Å². The molecule has 1 N–H and O–H groups in total. The van der Waals surface area contributed by atoms with E-state index in [1.807, 2.05) is 42.5 Å². The zero-order chi connectivity index (χ0) is 18.9. The zero-order valence-electron chi connectivity index (χ0n) is 15.1. The number of nitrogens with zero attached hydrogens (tertiary/aromatic N) is 1. The van der Waals surface area contributed by atoms with Crippen LogP contribution in [0, 0.1) is 0 Å². The minimum Gasteiger partial charge on any atom is -0.536 e. The molecule has 0 unspecified atom stereocenters. The molecule has 0 spiro atoms. The summed E-state index contributed by atoms with van der Waals surface area (Å²) >= 11 is 0. The Hall–Kier alpha value is -3.50. The van der Waals surface area contributed by atoms with Gasteiger partial charge in [0.15, 0.2) is 0 Å². The van der Waals surface area contributed by atoms with Crippen LogP contribution in [-0.4, -0.2) is 17.3 Å². The number of benzene rings is 4. The van der Waals surface area contributed by atoms with Gasteiger partial charge in [0.2, 0.25) is 0 Å². The van der Waals surface area contributed by atoms with Crippen LogP contribution < -0.4 is 4.65 Å². The van der Waals surface area contributed by atoms with Crippen molar-refractivity contribution in [3.8, 4) is 22.6 Å². The van der Waals surface area contributed by atoms with Crippen molar-refractivity contribution in [3.63, 3.8) is 0 Å². The normalized spacial score (nSPS) is 11.0. The van der Waals surface area contributed by atoms with Gasteiger partial charge in [-0.2, -0.15) is 0 Å². The van der Waals surface area contributed by atoms with Crippen molar-refractivity contribution in [3.05, 3.63) is 97.1 Å². The lowest BCUT2D eigenvalue weighted by Gasteiger charge is -2.18. The van der Waals surface area contributed by atoms with Crippen molar-refractivity contribution in [2.45, 2.75) is 0 Å². The Morgan fingerprint density at radius 3 is 1.89 bits per heavy atom. The first-order valence-electron chi connectivity index (χ1n) is 9.18. The Kier molecular flexibility index (Phi) is 4.11. The van der Waals surface area contributed by atoms with Crippen LogP contribution in [0.25, 0.3) is 38.6 Å². The standard InChI is InChI=1S/C24H17BNO2/c27-25-28-23-16-8-13-18(17-9-2-1-3-10-17)24(23)26-21-14-6-4-11-19(21)20-12-5-7-15-22(20)26/h1-16,27H. The van der Waals surface area contributed by atoms with Gasteiger partial charge in [-0.15, -0.1) is 0 Å². The predicted molar refractivity (Wildman–Crippen MR) is 115 cm³/mol. The average molecular weight is 362 g/mol. The van der Waals surface area contributed by atoms with Crippen molar-refractivity contribution in [2.24, 2.45) is 0 Å². The molecule has 0 amide bonds. The largest absolute Gasteiger partial charge is 0.569 e. The molecule has 1 radical (unpaired) electrons. The summed E-state index contributed by atoms with van der Waals surface area (Å²) in [7, 11) is 0.738. The van der Waals surface area contributed by atoms with Crippen LogP contribution in [-0.2, 0) is 0 Å². The summed E-state index contributed by atoms with van der Waals surface area (Å²) in [5.74, 6) is 0.593. The highest BCUT2D eigenvalue weighted by atomic mass is 16.5. The molecule has 0 atom stereocenters. The first-order chi connectivity index (χ1) is 13.9. The number of rotatable bonds is 4. The van der Waals surface area contributed by atoms with Crippen LogP contribution in [0.15, 0.2) is 97.1 Å². The van der Waals surface area contributed by atoms with E-state index < -0.39 is 0 Å². The fourth-order valence-corrected chi connectivity index (χ4v) is 3.92. The highest BCUT2D eigenvalue weighted by molar-refractivity contribution is 6.18. The molecule has 3 nitrogen and oxygen atoms in total. The fraction of sp³-hybridized carbons (Fsp3) is 0. The quantitative estimate of drug-likeness (QED) is 0.437. The maximum Gasteiger partial charge on any atom is 0.569 e. The predicted octanol–water partition coefficient (Wildman–Crippen LogP) is 5.36. The van der Waals surface area contributed by atoms with Crippen LogP contribution in [0.5, 0.6) is 5.75 Å². The first kappa shape index (κ1) is 16.7. The van der Waals surface area contributed by atoms with E-state index in [2.05, 4.69) is 59.2 Å². The summed E-state index contributed by atoms with van der Waals surface area (Å²) in [5.41, 5.74) is 5.20. The summed E-state index contributed by atoms with van der Waals surface area (Å²) in [6.07, 6.45) is 0. The van der Waals surface area contributed by atoms with Gasteiger partial charge in [-0.25, -0.2) is 0 Å². The molecule has 0 bridgehead atoms. The Bertz CT molecular complexity index is 1220. The van der Waals surface area contributed by atoms with Crippen LogP contribution in [0.3, 0.4) is 0 Å². The number of hydrogen-bond acceptors (Lipinski definition) is 2. The highest BCUT2D eigenvalue weighted by Gasteiger charge is 2.19. The third kappa shape index (κ3) is 2.58. The van der Waals surface area contributed by atoms with Crippen molar-refractivity contribution in [1.82, 2.24) is 4.57 Å². The molecule has 0 aliphatic rings. The van der Waals surface area contributed by atoms with Crippen LogP contribution >= 0.6 is 0 Å². The van der Waals surface area contributed by atoms with E-state index >= 15 is 0 Å². The molecule has 4 heteroatoms. The Labute approximate surface area is 163 Å². The van der Waals surface area contributed by atoms with Gasteiger partial charge in [-0.05, 0) is 23.8 Å². The van der Waals surface area contributed by atoms with Crippen LogP contribution in [0.4, 0.5) is 0 Å². The van der Waals surface area contributed by atoms with Crippen molar-refractivity contribution >= 4 is 29.5 Å². The number of aromatic nitrogens is 1. The number of fused-ring (bicyclic) bond motifs is 3. The minimum absolute atomic E-state index is 0.593. The lowest BCUT2D eigenvalue weighted by atomic mass is 10.0. The van der Waals surface area contributed by atoms with E-state index in [-0.39, 0.29) is 0 Å². The molecule has 5 aromatic rings. The summed E-state index contributed by atoms with van der Waals surface area (Å²) in [6.45, 7) is 0. The van der Waals surface area contributed by atoms with E-state index in [9.17, 15) is 5.02 Å². The summed E-state index contributed by atoms with van der Waals surface area (Å²) < 4.78 is 7.74. The SMILES string of the molecule is O[B]Oc1cccc(-c2ccccc2)c1-n1c2ccccc2c2ccccc21. The van der Waals surface area contributed by atoms with Gasteiger partial charge in [0.05, 0.1) is 16.7 Å². The van der Waals surface area contributed by atoms with Gasteiger partial charge in [0.25, 0.3) is 0 Å². The topological polar surface area (TPSA) is 34.4 Å². The second-order valence-electron chi connectivity index (χ2n) is 6.61. The molecule has 0 aliphatic carbocycles.